The summed E-state index contributed by atoms with van der Waals surface area (Å²) >= 11 is 7.38. The number of anilines is 1. The highest BCUT2D eigenvalue weighted by atomic mass is 35.5. The predicted molar refractivity (Wildman–Crippen MR) is 119 cm³/mol. The van der Waals surface area contributed by atoms with Gasteiger partial charge in [-0.3, -0.25) is 0 Å². The van der Waals surface area contributed by atoms with Crippen LogP contribution in [0.2, 0.25) is 5.02 Å². The molecule has 1 aliphatic rings. The fourth-order valence-electron chi connectivity index (χ4n) is 3.38. The van der Waals surface area contributed by atoms with Gasteiger partial charge in [0.25, 0.3) is 0 Å². The first kappa shape index (κ1) is 21.4. The van der Waals surface area contributed by atoms with Gasteiger partial charge in [-0.25, -0.2) is 13.9 Å². The van der Waals surface area contributed by atoms with E-state index in [1.165, 1.54) is 17.8 Å². The lowest BCUT2D eigenvalue weighted by Gasteiger charge is -2.28. The number of nitrogens with one attached hydrogen (secondary N) is 1. The number of carbonyl (C=O) groups is 1. The Labute approximate surface area is 188 Å². The zero-order valence-corrected chi connectivity index (χ0v) is 18.5. The molecule has 0 fully saturated rings. The third-order valence-corrected chi connectivity index (χ3v) is 5.97. The molecular weight excluding hydrogens is 439 g/mol. The predicted octanol–water partition coefficient (Wildman–Crippen LogP) is 5.21. The second kappa shape index (κ2) is 9.11. The van der Waals surface area contributed by atoms with Crippen molar-refractivity contribution < 1.29 is 13.9 Å². The molecule has 160 valence electrons. The lowest BCUT2D eigenvalue weighted by molar-refractivity contribution is -0.139. The number of hydrogen-bond acceptors (Lipinski definition) is 6. The Bertz CT molecular complexity index is 1150. The van der Waals surface area contributed by atoms with Crippen molar-refractivity contribution in [2.45, 2.75) is 30.8 Å². The highest BCUT2D eigenvalue weighted by Gasteiger charge is 2.35. The first-order chi connectivity index (χ1) is 15.0. The number of halogens is 2. The number of allylic oxidation sites excluding steroid dienone is 1. The molecule has 2 aromatic carbocycles. The van der Waals surface area contributed by atoms with Gasteiger partial charge in [-0.1, -0.05) is 53.7 Å². The average Bonchev–Trinajstić information content (AvgIpc) is 3.15. The minimum Gasteiger partial charge on any atom is -0.463 e. The molecule has 4 rings (SSSR count). The SMILES string of the molecule is CCOC(=O)C1=C(C)Nc2nc(SCc3ccccc3F)nn2[C@@H]1c1ccc(Cl)cc1. The molecule has 0 saturated heterocycles. The average molecular weight is 459 g/mol. The van der Waals surface area contributed by atoms with Gasteiger partial charge in [0, 0.05) is 16.5 Å². The largest absolute Gasteiger partial charge is 0.463 e. The number of thioether (sulfide) groups is 1. The van der Waals surface area contributed by atoms with E-state index < -0.39 is 12.0 Å². The molecule has 0 amide bonds. The monoisotopic (exact) mass is 458 g/mol. The van der Waals surface area contributed by atoms with Gasteiger partial charge in [-0.15, -0.1) is 5.10 Å². The van der Waals surface area contributed by atoms with Crippen LogP contribution < -0.4 is 5.32 Å². The first-order valence-electron chi connectivity index (χ1n) is 9.71. The van der Waals surface area contributed by atoms with Crippen LogP contribution in [0.1, 0.15) is 31.0 Å². The fraction of sp³-hybridized carbons (Fsp3) is 0.227. The van der Waals surface area contributed by atoms with E-state index in [4.69, 9.17) is 16.3 Å². The molecule has 1 N–H and O–H groups in total. The number of fused-ring (bicyclic) bond motifs is 1. The zero-order valence-electron chi connectivity index (χ0n) is 16.9. The summed E-state index contributed by atoms with van der Waals surface area (Å²) in [6.07, 6.45) is 0. The Kier molecular flexibility index (Phi) is 6.29. The van der Waals surface area contributed by atoms with Crippen LogP contribution in [0.15, 0.2) is 65.0 Å². The number of nitrogens with zero attached hydrogens (tertiary/aromatic N) is 3. The van der Waals surface area contributed by atoms with Crippen molar-refractivity contribution >= 4 is 35.3 Å². The van der Waals surface area contributed by atoms with Gasteiger partial charge in [-0.05, 0) is 43.2 Å². The molecule has 0 spiro atoms. The Morgan fingerprint density at radius 3 is 2.71 bits per heavy atom. The van der Waals surface area contributed by atoms with Gasteiger partial charge in [0.05, 0.1) is 12.2 Å². The van der Waals surface area contributed by atoms with Crippen molar-refractivity contribution in [3.63, 3.8) is 0 Å². The lowest BCUT2D eigenvalue weighted by Crippen LogP contribution is -2.29. The van der Waals surface area contributed by atoms with Crippen LogP contribution >= 0.6 is 23.4 Å². The highest BCUT2D eigenvalue weighted by Crippen LogP contribution is 2.37. The van der Waals surface area contributed by atoms with Crippen LogP contribution in [-0.2, 0) is 15.3 Å². The second-order valence-corrected chi connectivity index (χ2v) is 8.26. The number of ether oxygens (including phenoxy) is 1. The first-order valence-corrected chi connectivity index (χ1v) is 11.1. The van der Waals surface area contributed by atoms with Crippen LogP contribution in [0.4, 0.5) is 10.3 Å². The number of aromatic nitrogens is 3. The maximum absolute atomic E-state index is 14.0. The second-order valence-electron chi connectivity index (χ2n) is 6.88. The summed E-state index contributed by atoms with van der Waals surface area (Å²) in [5.41, 5.74) is 2.49. The molecule has 0 saturated carbocycles. The van der Waals surface area contributed by atoms with Crippen molar-refractivity contribution in [2.75, 3.05) is 11.9 Å². The molecule has 1 atom stereocenters. The van der Waals surface area contributed by atoms with Crippen LogP contribution in [0, 0.1) is 5.82 Å². The standard InChI is InChI=1S/C22H20ClFN4O2S/c1-3-30-20(29)18-13(2)25-21-26-22(31-12-15-6-4-5-7-17(15)24)27-28(21)19(18)14-8-10-16(23)11-9-14/h4-11,19H,3,12H2,1-2H3,(H,25,26,27)/t19-/m1/s1. The van der Waals surface area contributed by atoms with Crippen LogP contribution in [0.25, 0.3) is 0 Å². The molecule has 0 aliphatic carbocycles. The number of esters is 1. The summed E-state index contributed by atoms with van der Waals surface area (Å²) in [7, 11) is 0. The third kappa shape index (κ3) is 4.45. The number of hydrogen-bond donors (Lipinski definition) is 1. The van der Waals surface area contributed by atoms with Gasteiger partial charge < -0.3 is 10.1 Å². The number of benzene rings is 2. The Morgan fingerprint density at radius 2 is 2.00 bits per heavy atom. The summed E-state index contributed by atoms with van der Waals surface area (Å²) in [5, 5.41) is 8.82. The molecule has 6 nitrogen and oxygen atoms in total. The van der Waals surface area contributed by atoms with Crippen molar-refractivity contribution in [3.05, 3.63) is 81.8 Å². The molecule has 1 aliphatic heterocycles. The molecule has 0 radical (unpaired) electrons. The minimum atomic E-state index is -0.525. The van der Waals surface area contributed by atoms with E-state index in [2.05, 4.69) is 15.4 Å². The molecule has 9 heteroatoms. The van der Waals surface area contributed by atoms with Crippen LogP contribution in [-0.4, -0.2) is 27.3 Å². The lowest BCUT2D eigenvalue weighted by atomic mass is 9.96. The summed E-state index contributed by atoms with van der Waals surface area (Å²) in [4.78, 5) is 17.3. The molecule has 0 unspecified atom stereocenters. The Hall–Kier alpha value is -2.84. The van der Waals surface area contributed by atoms with Crippen LogP contribution in [0.5, 0.6) is 0 Å². The molecular formula is C22H20ClFN4O2S. The molecule has 3 aromatic rings. The quantitative estimate of drug-likeness (QED) is 0.403. The Balaban J connectivity index is 1.70. The number of rotatable bonds is 6. The topological polar surface area (TPSA) is 69.0 Å². The maximum atomic E-state index is 14.0. The zero-order chi connectivity index (χ0) is 22.0. The highest BCUT2D eigenvalue weighted by molar-refractivity contribution is 7.98. The van der Waals surface area contributed by atoms with Crippen molar-refractivity contribution in [3.8, 4) is 0 Å². The van der Waals surface area contributed by atoms with E-state index in [1.807, 2.05) is 12.1 Å². The summed E-state index contributed by atoms with van der Waals surface area (Å²) in [5.74, 6) is 0.202. The van der Waals surface area contributed by atoms with Crippen molar-refractivity contribution in [2.24, 2.45) is 0 Å². The van der Waals surface area contributed by atoms with E-state index in [9.17, 15) is 9.18 Å². The van der Waals surface area contributed by atoms with Gasteiger partial charge in [0.15, 0.2) is 0 Å². The van der Waals surface area contributed by atoms with Crippen molar-refractivity contribution in [1.82, 2.24) is 14.8 Å². The van der Waals surface area contributed by atoms with E-state index in [1.54, 1.807) is 48.9 Å². The van der Waals surface area contributed by atoms with Gasteiger partial charge in [0.1, 0.15) is 11.9 Å². The fourth-order valence-corrected chi connectivity index (χ4v) is 4.32. The normalized spacial score (nSPS) is 15.4. The maximum Gasteiger partial charge on any atom is 0.338 e. The van der Waals surface area contributed by atoms with Gasteiger partial charge >= 0.3 is 5.97 Å². The van der Waals surface area contributed by atoms with E-state index in [-0.39, 0.29) is 12.4 Å². The van der Waals surface area contributed by atoms with Gasteiger partial charge in [0.2, 0.25) is 11.1 Å². The smallest absolute Gasteiger partial charge is 0.338 e. The molecule has 31 heavy (non-hydrogen) atoms. The minimum absolute atomic E-state index is 0.261. The van der Waals surface area contributed by atoms with Crippen molar-refractivity contribution in [1.29, 1.82) is 0 Å². The molecule has 2 heterocycles. The molecule has 0 bridgehead atoms. The summed E-state index contributed by atoms with van der Waals surface area (Å²) < 4.78 is 20.9. The number of carbonyl (C=O) groups excluding carboxylic acids is 1. The van der Waals surface area contributed by atoms with E-state index in [0.29, 0.717) is 38.7 Å². The summed E-state index contributed by atoms with van der Waals surface area (Å²) in [6.45, 7) is 3.83. The molecule has 1 aromatic heterocycles. The third-order valence-electron chi connectivity index (χ3n) is 4.83. The van der Waals surface area contributed by atoms with E-state index >= 15 is 0 Å². The summed E-state index contributed by atoms with van der Waals surface area (Å²) in [6, 6.07) is 13.3. The van der Waals surface area contributed by atoms with Crippen LogP contribution in [0.3, 0.4) is 0 Å². The van der Waals surface area contributed by atoms with E-state index in [0.717, 1.165) is 5.56 Å². The Morgan fingerprint density at radius 1 is 1.26 bits per heavy atom. The van der Waals surface area contributed by atoms with Gasteiger partial charge in [-0.2, -0.15) is 4.98 Å².